The number of carbonyl (C=O) groups excluding carboxylic acids is 1. The van der Waals surface area contributed by atoms with Crippen LogP contribution in [0.4, 0.5) is 0 Å². The summed E-state index contributed by atoms with van der Waals surface area (Å²) in [5.41, 5.74) is 8.19. The van der Waals surface area contributed by atoms with E-state index in [9.17, 15) is 4.79 Å². The molecule has 0 radical (unpaired) electrons. The lowest BCUT2D eigenvalue weighted by Crippen LogP contribution is -2.40. The van der Waals surface area contributed by atoms with Crippen LogP contribution in [0, 0.1) is 13.8 Å². The van der Waals surface area contributed by atoms with Crippen LogP contribution >= 0.6 is 0 Å². The van der Waals surface area contributed by atoms with Crippen LogP contribution in [-0.2, 0) is 4.79 Å². The van der Waals surface area contributed by atoms with Crippen molar-refractivity contribution in [2.45, 2.75) is 58.0 Å². The summed E-state index contributed by atoms with van der Waals surface area (Å²) in [4.78, 5) is 11.9. The van der Waals surface area contributed by atoms with Gasteiger partial charge in [0.15, 0.2) is 0 Å². The molecule has 0 bridgehead atoms. The van der Waals surface area contributed by atoms with Crippen molar-refractivity contribution >= 4 is 5.91 Å². The molecule has 0 spiro atoms. The number of hydrogen-bond donors (Lipinski definition) is 2. The van der Waals surface area contributed by atoms with E-state index >= 15 is 0 Å². The van der Waals surface area contributed by atoms with E-state index in [0.29, 0.717) is 25.1 Å². The highest BCUT2D eigenvalue weighted by Crippen LogP contribution is 2.19. The Morgan fingerprint density at radius 1 is 1.29 bits per heavy atom. The molecular weight excluding hydrogens is 264 g/mol. The van der Waals surface area contributed by atoms with E-state index in [2.05, 4.69) is 18.3 Å². The van der Waals surface area contributed by atoms with Gasteiger partial charge in [0.05, 0.1) is 13.0 Å². The maximum absolute atomic E-state index is 11.9. The molecule has 0 aromatic heterocycles. The minimum absolute atomic E-state index is 0.0697. The van der Waals surface area contributed by atoms with Crippen molar-refractivity contribution in [1.29, 1.82) is 0 Å². The standard InChI is InChI=1S/C17H26N2O2/c1-12-3-8-16(13(2)11-12)21-10-9-17(20)19-15-6-4-14(18)5-7-15/h3,8,11,14-15H,4-7,9-10,18H2,1-2H3,(H,19,20). The van der Waals surface area contributed by atoms with Crippen molar-refractivity contribution in [1.82, 2.24) is 5.32 Å². The van der Waals surface area contributed by atoms with Gasteiger partial charge in [0.2, 0.25) is 5.91 Å². The molecule has 4 heteroatoms. The quantitative estimate of drug-likeness (QED) is 0.875. The molecule has 0 saturated heterocycles. The Labute approximate surface area is 127 Å². The fourth-order valence-corrected chi connectivity index (χ4v) is 2.78. The zero-order chi connectivity index (χ0) is 15.2. The largest absolute Gasteiger partial charge is 0.493 e. The lowest BCUT2D eigenvalue weighted by Gasteiger charge is -2.26. The predicted octanol–water partition coefficient (Wildman–Crippen LogP) is 2.46. The Morgan fingerprint density at radius 3 is 2.67 bits per heavy atom. The second-order valence-corrected chi connectivity index (χ2v) is 6.05. The molecule has 4 nitrogen and oxygen atoms in total. The second-order valence-electron chi connectivity index (χ2n) is 6.05. The molecule has 1 aromatic carbocycles. The fraction of sp³-hybridized carbons (Fsp3) is 0.588. The molecular formula is C17H26N2O2. The van der Waals surface area contributed by atoms with Crippen molar-refractivity contribution in [3.63, 3.8) is 0 Å². The first-order valence-electron chi connectivity index (χ1n) is 7.79. The highest BCUT2D eigenvalue weighted by Gasteiger charge is 2.19. The molecule has 1 aliphatic carbocycles. The van der Waals surface area contributed by atoms with Crippen LogP contribution in [0.2, 0.25) is 0 Å². The van der Waals surface area contributed by atoms with Crippen LogP contribution in [-0.4, -0.2) is 24.6 Å². The number of nitrogens with two attached hydrogens (primary N) is 1. The van der Waals surface area contributed by atoms with Gasteiger partial charge in [0.1, 0.15) is 5.75 Å². The fourth-order valence-electron chi connectivity index (χ4n) is 2.78. The lowest BCUT2D eigenvalue weighted by molar-refractivity contribution is -0.122. The SMILES string of the molecule is Cc1ccc(OCCC(=O)NC2CCC(N)CC2)c(C)c1. The summed E-state index contributed by atoms with van der Waals surface area (Å²) in [5, 5.41) is 3.07. The number of benzene rings is 1. The molecule has 0 unspecified atom stereocenters. The molecule has 1 fully saturated rings. The van der Waals surface area contributed by atoms with Crippen LogP contribution in [0.1, 0.15) is 43.2 Å². The molecule has 21 heavy (non-hydrogen) atoms. The summed E-state index contributed by atoms with van der Waals surface area (Å²) in [7, 11) is 0. The smallest absolute Gasteiger partial charge is 0.223 e. The first kappa shape index (κ1) is 15.8. The number of rotatable bonds is 5. The van der Waals surface area contributed by atoms with Gasteiger partial charge in [-0.05, 0) is 51.2 Å². The molecule has 0 aliphatic heterocycles. The van der Waals surface area contributed by atoms with Crippen molar-refractivity contribution < 1.29 is 9.53 Å². The normalized spacial score (nSPS) is 21.9. The number of amides is 1. The Bertz CT molecular complexity index is 480. The summed E-state index contributed by atoms with van der Waals surface area (Å²) in [5.74, 6) is 0.928. The first-order chi connectivity index (χ1) is 10.0. The molecule has 0 atom stereocenters. The average Bonchev–Trinajstić information content (AvgIpc) is 2.44. The van der Waals surface area contributed by atoms with Gasteiger partial charge >= 0.3 is 0 Å². The second kappa shape index (κ2) is 7.46. The lowest BCUT2D eigenvalue weighted by atomic mass is 9.92. The minimum Gasteiger partial charge on any atom is -0.493 e. The van der Waals surface area contributed by atoms with E-state index in [1.807, 2.05) is 19.1 Å². The zero-order valence-corrected chi connectivity index (χ0v) is 13.0. The van der Waals surface area contributed by atoms with Gasteiger partial charge in [-0.1, -0.05) is 17.7 Å². The van der Waals surface area contributed by atoms with Crippen LogP contribution in [0.15, 0.2) is 18.2 Å². The van der Waals surface area contributed by atoms with Gasteiger partial charge in [0, 0.05) is 12.1 Å². The Kier molecular flexibility index (Phi) is 5.62. The molecule has 1 amide bonds. The number of carbonyl (C=O) groups is 1. The van der Waals surface area contributed by atoms with Crippen molar-refractivity contribution in [3.8, 4) is 5.75 Å². The van der Waals surface area contributed by atoms with Crippen LogP contribution in [0.5, 0.6) is 5.75 Å². The van der Waals surface area contributed by atoms with E-state index in [1.54, 1.807) is 0 Å². The van der Waals surface area contributed by atoms with Gasteiger partial charge in [-0.3, -0.25) is 4.79 Å². The van der Waals surface area contributed by atoms with E-state index in [-0.39, 0.29) is 5.91 Å². The van der Waals surface area contributed by atoms with Crippen molar-refractivity contribution in [2.75, 3.05) is 6.61 Å². The predicted molar refractivity (Wildman–Crippen MR) is 84.4 cm³/mol. The van der Waals surface area contributed by atoms with Gasteiger partial charge in [0.25, 0.3) is 0 Å². The maximum atomic E-state index is 11.9. The Balaban J connectivity index is 1.69. The van der Waals surface area contributed by atoms with Crippen molar-refractivity contribution in [3.05, 3.63) is 29.3 Å². The Hall–Kier alpha value is -1.55. The summed E-state index contributed by atoms with van der Waals surface area (Å²) in [6.07, 6.45) is 4.39. The van der Waals surface area contributed by atoms with E-state index in [0.717, 1.165) is 37.0 Å². The molecule has 116 valence electrons. The van der Waals surface area contributed by atoms with Crippen LogP contribution in [0.3, 0.4) is 0 Å². The first-order valence-corrected chi connectivity index (χ1v) is 7.79. The highest BCUT2D eigenvalue weighted by atomic mass is 16.5. The minimum atomic E-state index is 0.0697. The highest BCUT2D eigenvalue weighted by molar-refractivity contribution is 5.76. The van der Waals surface area contributed by atoms with Gasteiger partial charge in [-0.15, -0.1) is 0 Å². The molecule has 0 heterocycles. The van der Waals surface area contributed by atoms with Gasteiger partial charge < -0.3 is 15.8 Å². The summed E-state index contributed by atoms with van der Waals surface area (Å²) in [6, 6.07) is 6.67. The van der Waals surface area contributed by atoms with Crippen LogP contribution < -0.4 is 15.8 Å². The number of nitrogens with one attached hydrogen (secondary N) is 1. The van der Waals surface area contributed by atoms with E-state index in [1.165, 1.54) is 5.56 Å². The van der Waals surface area contributed by atoms with Gasteiger partial charge in [-0.2, -0.15) is 0 Å². The number of hydrogen-bond acceptors (Lipinski definition) is 3. The topological polar surface area (TPSA) is 64.3 Å². The average molecular weight is 290 g/mol. The Morgan fingerprint density at radius 2 is 2.00 bits per heavy atom. The third-order valence-electron chi connectivity index (χ3n) is 4.05. The maximum Gasteiger partial charge on any atom is 0.223 e. The van der Waals surface area contributed by atoms with Crippen molar-refractivity contribution in [2.24, 2.45) is 5.73 Å². The summed E-state index contributed by atoms with van der Waals surface area (Å²) in [6.45, 7) is 4.50. The summed E-state index contributed by atoms with van der Waals surface area (Å²) < 4.78 is 5.69. The third-order valence-corrected chi connectivity index (χ3v) is 4.05. The molecule has 2 rings (SSSR count). The zero-order valence-electron chi connectivity index (χ0n) is 13.0. The van der Waals surface area contributed by atoms with E-state index < -0.39 is 0 Å². The molecule has 1 saturated carbocycles. The number of aryl methyl sites for hydroxylation is 2. The molecule has 3 N–H and O–H groups in total. The third kappa shape index (κ3) is 5.05. The molecule has 1 aromatic rings. The molecule has 1 aliphatic rings. The van der Waals surface area contributed by atoms with Gasteiger partial charge in [-0.25, -0.2) is 0 Å². The number of ether oxygens (including phenoxy) is 1. The monoisotopic (exact) mass is 290 g/mol. The van der Waals surface area contributed by atoms with Crippen LogP contribution in [0.25, 0.3) is 0 Å². The summed E-state index contributed by atoms with van der Waals surface area (Å²) >= 11 is 0. The van der Waals surface area contributed by atoms with E-state index in [4.69, 9.17) is 10.5 Å².